The molecule has 0 aliphatic heterocycles. The summed E-state index contributed by atoms with van der Waals surface area (Å²) in [6.07, 6.45) is 6.78. The van der Waals surface area contributed by atoms with Gasteiger partial charge < -0.3 is 0 Å². The summed E-state index contributed by atoms with van der Waals surface area (Å²) in [5.74, 6) is 0.210. The van der Waals surface area contributed by atoms with Crippen LogP contribution in [-0.2, 0) is 15.6 Å². The van der Waals surface area contributed by atoms with Gasteiger partial charge in [-0.2, -0.15) is 0 Å². The predicted molar refractivity (Wildman–Crippen MR) is 95.7 cm³/mol. The molecule has 1 saturated carbocycles. The van der Waals surface area contributed by atoms with Crippen LogP contribution in [0.3, 0.4) is 0 Å². The van der Waals surface area contributed by atoms with Crippen molar-refractivity contribution >= 4 is 32.5 Å². The minimum Gasteiger partial charge on any atom is -0.297 e. The molecule has 2 nitrogen and oxygen atoms in total. The molecule has 2 unspecified atom stereocenters. The fourth-order valence-electron chi connectivity index (χ4n) is 3.15. The van der Waals surface area contributed by atoms with Crippen LogP contribution in [0.4, 0.5) is 0 Å². The minimum absolute atomic E-state index is 0.0640. The maximum absolute atomic E-state index is 13.1. The van der Waals surface area contributed by atoms with Crippen LogP contribution in [0.15, 0.2) is 29.2 Å². The lowest BCUT2D eigenvalue weighted by Gasteiger charge is -2.31. The van der Waals surface area contributed by atoms with Gasteiger partial charge in [-0.25, -0.2) is 0 Å². The van der Waals surface area contributed by atoms with Gasteiger partial charge in [-0.1, -0.05) is 66.2 Å². The zero-order valence-corrected chi connectivity index (χ0v) is 15.8. The van der Waals surface area contributed by atoms with E-state index in [1.165, 1.54) is 6.42 Å². The highest BCUT2D eigenvalue weighted by atomic mass is 79.9. The zero-order chi connectivity index (χ0) is 16.2. The molecule has 1 aliphatic carbocycles. The standard InChI is InChI=1S/C18H25BrO2S/c1-3-13-18(19,17(20)15-7-5-4-6-8-15)22(21)16-11-9-14(2)10-12-16/h9-12,15H,3-8,13H2,1-2H3. The van der Waals surface area contributed by atoms with Gasteiger partial charge >= 0.3 is 0 Å². The topological polar surface area (TPSA) is 34.1 Å². The number of alkyl halides is 1. The molecule has 0 saturated heterocycles. The first-order valence-electron chi connectivity index (χ1n) is 8.21. The van der Waals surface area contributed by atoms with Gasteiger partial charge in [0.05, 0.1) is 10.8 Å². The lowest BCUT2D eigenvalue weighted by atomic mass is 9.84. The van der Waals surface area contributed by atoms with E-state index in [0.29, 0.717) is 6.42 Å². The second-order valence-corrected chi connectivity index (χ2v) is 9.84. The number of Topliss-reactive ketones (excluding diaryl/α,β-unsaturated/α-hetero) is 1. The highest BCUT2D eigenvalue weighted by molar-refractivity contribution is 9.12. The van der Waals surface area contributed by atoms with E-state index in [4.69, 9.17) is 0 Å². The molecule has 22 heavy (non-hydrogen) atoms. The average molecular weight is 385 g/mol. The summed E-state index contributed by atoms with van der Waals surface area (Å²) in [5.41, 5.74) is 1.13. The molecule has 0 amide bonds. The Morgan fingerprint density at radius 3 is 2.36 bits per heavy atom. The largest absolute Gasteiger partial charge is 0.297 e. The lowest BCUT2D eigenvalue weighted by Crippen LogP contribution is -2.41. The van der Waals surface area contributed by atoms with Crippen LogP contribution in [0.2, 0.25) is 0 Å². The Balaban J connectivity index is 2.27. The third kappa shape index (κ3) is 3.88. The monoisotopic (exact) mass is 384 g/mol. The van der Waals surface area contributed by atoms with Crippen molar-refractivity contribution in [1.82, 2.24) is 0 Å². The number of carbonyl (C=O) groups is 1. The van der Waals surface area contributed by atoms with Crippen LogP contribution >= 0.6 is 15.9 Å². The normalized spacial score (nSPS) is 20.3. The number of rotatable bonds is 6. The van der Waals surface area contributed by atoms with E-state index in [1.807, 2.05) is 38.1 Å². The Morgan fingerprint density at radius 1 is 1.23 bits per heavy atom. The van der Waals surface area contributed by atoms with Gasteiger partial charge in [-0.15, -0.1) is 0 Å². The van der Waals surface area contributed by atoms with Crippen LogP contribution in [-0.4, -0.2) is 13.6 Å². The van der Waals surface area contributed by atoms with Crippen molar-refractivity contribution in [1.29, 1.82) is 0 Å². The van der Waals surface area contributed by atoms with Crippen LogP contribution in [0, 0.1) is 12.8 Å². The zero-order valence-electron chi connectivity index (χ0n) is 13.4. The maximum atomic E-state index is 13.1. The van der Waals surface area contributed by atoms with Crippen molar-refractivity contribution in [2.45, 2.75) is 67.3 Å². The first kappa shape index (κ1) is 17.9. The second kappa shape index (κ2) is 7.87. The third-order valence-corrected chi connectivity index (χ3v) is 7.81. The van der Waals surface area contributed by atoms with Gasteiger partial charge in [0.15, 0.2) is 9.44 Å². The van der Waals surface area contributed by atoms with Gasteiger partial charge in [-0.05, 0) is 38.3 Å². The summed E-state index contributed by atoms with van der Waals surface area (Å²) in [5, 5.41) is 0. The minimum atomic E-state index is -1.36. The second-order valence-electron chi connectivity index (χ2n) is 6.26. The Hall–Kier alpha value is -0.480. The summed E-state index contributed by atoms with van der Waals surface area (Å²) in [6.45, 7) is 4.05. The SMILES string of the molecule is CCCC(Br)(C(=O)C1CCCCC1)S(=O)c1ccc(C)cc1. The lowest BCUT2D eigenvalue weighted by molar-refractivity contribution is -0.124. The van der Waals surface area contributed by atoms with Crippen molar-refractivity contribution in [3.63, 3.8) is 0 Å². The summed E-state index contributed by atoms with van der Waals surface area (Å²) < 4.78 is 12.2. The number of carbonyl (C=O) groups excluding carboxylic acids is 1. The molecule has 0 radical (unpaired) electrons. The van der Waals surface area contributed by atoms with Gasteiger partial charge in [0, 0.05) is 10.8 Å². The predicted octanol–water partition coefficient (Wildman–Crippen LogP) is 5.14. The van der Waals surface area contributed by atoms with Crippen molar-refractivity contribution in [3.05, 3.63) is 29.8 Å². The van der Waals surface area contributed by atoms with Crippen LogP contribution in [0.1, 0.15) is 57.4 Å². The van der Waals surface area contributed by atoms with Crippen LogP contribution < -0.4 is 0 Å². The number of ketones is 1. The Morgan fingerprint density at radius 2 is 1.82 bits per heavy atom. The first-order valence-corrected chi connectivity index (χ1v) is 10.1. The fraction of sp³-hybridized carbons (Fsp3) is 0.611. The van der Waals surface area contributed by atoms with E-state index in [-0.39, 0.29) is 11.7 Å². The van der Waals surface area contributed by atoms with E-state index >= 15 is 0 Å². The number of hydrogen-bond acceptors (Lipinski definition) is 2. The number of halogens is 1. The Bertz CT molecular complexity index is 535. The van der Waals surface area contributed by atoms with Gasteiger partial charge in [-0.3, -0.25) is 9.00 Å². The summed E-state index contributed by atoms with van der Waals surface area (Å²) >= 11 is 3.62. The third-order valence-electron chi connectivity index (χ3n) is 4.44. The molecular formula is C18H25BrO2S. The molecule has 2 rings (SSSR count). The van der Waals surface area contributed by atoms with E-state index in [9.17, 15) is 9.00 Å². The summed E-state index contributed by atoms with van der Waals surface area (Å²) in [6, 6.07) is 7.67. The number of hydrogen-bond donors (Lipinski definition) is 0. The molecule has 0 N–H and O–H groups in total. The molecule has 1 aliphatic rings. The first-order chi connectivity index (χ1) is 10.5. The smallest absolute Gasteiger partial charge is 0.165 e. The summed E-state index contributed by atoms with van der Waals surface area (Å²) in [7, 11) is -1.36. The number of aryl methyl sites for hydroxylation is 1. The molecule has 0 bridgehead atoms. The molecule has 2 atom stereocenters. The molecule has 1 fully saturated rings. The van der Waals surface area contributed by atoms with Gasteiger partial charge in [0.2, 0.25) is 0 Å². The van der Waals surface area contributed by atoms with Crippen molar-refractivity contribution in [2.24, 2.45) is 5.92 Å². The van der Waals surface area contributed by atoms with E-state index in [0.717, 1.165) is 42.6 Å². The van der Waals surface area contributed by atoms with E-state index in [2.05, 4.69) is 15.9 Å². The Labute approximate surface area is 144 Å². The number of benzene rings is 1. The molecule has 0 aromatic heterocycles. The van der Waals surface area contributed by atoms with Crippen molar-refractivity contribution < 1.29 is 9.00 Å². The molecular weight excluding hydrogens is 360 g/mol. The van der Waals surface area contributed by atoms with Crippen molar-refractivity contribution in [2.75, 3.05) is 0 Å². The highest BCUT2D eigenvalue weighted by Gasteiger charge is 2.44. The quantitative estimate of drug-likeness (QED) is 0.635. The van der Waals surface area contributed by atoms with Gasteiger partial charge in [0.1, 0.15) is 0 Å². The maximum Gasteiger partial charge on any atom is 0.165 e. The fourth-order valence-corrected chi connectivity index (χ4v) is 5.92. The molecule has 4 heteroatoms. The molecule has 1 aromatic carbocycles. The van der Waals surface area contributed by atoms with Crippen LogP contribution in [0.25, 0.3) is 0 Å². The molecule has 122 valence electrons. The van der Waals surface area contributed by atoms with Crippen molar-refractivity contribution in [3.8, 4) is 0 Å². The van der Waals surface area contributed by atoms with Crippen LogP contribution in [0.5, 0.6) is 0 Å². The Kier molecular flexibility index (Phi) is 6.39. The van der Waals surface area contributed by atoms with E-state index in [1.54, 1.807) is 0 Å². The van der Waals surface area contributed by atoms with E-state index < -0.39 is 14.5 Å². The molecule has 1 aromatic rings. The molecule has 0 spiro atoms. The highest BCUT2D eigenvalue weighted by Crippen LogP contribution is 2.39. The summed E-state index contributed by atoms with van der Waals surface area (Å²) in [4.78, 5) is 13.8. The van der Waals surface area contributed by atoms with Gasteiger partial charge in [0.25, 0.3) is 0 Å². The average Bonchev–Trinajstić information content (AvgIpc) is 2.55. The molecule has 0 heterocycles.